The first-order valence-electron chi connectivity index (χ1n) is 10.9. The van der Waals surface area contributed by atoms with E-state index in [4.69, 9.17) is 16.3 Å². The number of methoxy groups -OCH3 is 1. The second-order valence-electron chi connectivity index (χ2n) is 8.40. The maximum absolute atomic E-state index is 14.1. The molecule has 2 heterocycles. The van der Waals surface area contributed by atoms with Crippen LogP contribution in [-0.2, 0) is 0 Å². The van der Waals surface area contributed by atoms with Gasteiger partial charge in [0.15, 0.2) is 11.2 Å². The van der Waals surface area contributed by atoms with Gasteiger partial charge in [0.25, 0.3) is 0 Å². The van der Waals surface area contributed by atoms with E-state index in [1.54, 1.807) is 31.4 Å². The van der Waals surface area contributed by atoms with E-state index in [0.717, 1.165) is 11.3 Å². The van der Waals surface area contributed by atoms with Crippen molar-refractivity contribution in [2.24, 2.45) is 5.41 Å². The van der Waals surface area contributed by atoms with E-state index >= 15 is 0 Å². The molecule has 0 amide bonds. The molecule has 3 aromatic rings. The minimum Gasteiger partial charge on any atom is -0.496 e. The van der Waals surface area contributed by atoms with Gasteiger partial charge in [0, 0.05) is 27.8 Å². The number of carbonyl (C=O) groups excluding carboxylic acids is 1. The number of ether oxygens (including phenoxy) is 1. The number of nitrogens with zero attached hydrogens (tertiary/aromatic N) is 3. The maximum Gasteiger partial charge on any atom is 0.185 e. The van der Waals surface area contributed by atoms with Gasteiger partial charge in [-0.15, -0.1) is 0 Å². The molecular formula is C28H20ClN3O2. The fraction of sp³-hybridized carbons (Fsp3) is 0.179. The summed E-state index contributed by atoms with van der Waals surface area (Å²) < 4.78 is 5.63. The molecule has 2 aliphatic heterocycles. The zero-order valence-corrected chi connectivity index (χ0v) is 19.1. The lowest BCUT2D eigenvalue weighted by atomic mass is 9.69. The first-order chi connectivity index (χ1) is 16.6. The Labute approximate surface area is 203 Å². The predicted octanol–water partition coefficient (Wildman–Crippen LogP) is 5.63. The van der Waals surface area contributed by atoms with Crippen LogP contribution in [0.4, 0.5) is 5.69 Å². The highest BCUT2D eigenvalue weighted by molar-refractivity contribution is 6.30. The molecule has 5 nitrogen and oxygen atoms in total. The highest BCUT2D eigenvalue weighted by atomic mass is 35.5. The van der Waals surface area contributed by atoms with Gasteiger partial charge in [0.05, 0.1) is 25.3 Å². The number of anilines is 1. The van der Waals surface area contributed by atoms with Crippen LogP contribution in [0.15, 0.2) is 78.9 Å². The molecule has 6 heteroatoms. The van der Waals surface area contributed by atoms with Crippen molar-refractivity contribution in [1.29, 1.82) is 10.5 Å². The predicted molar refractivity (Wildman–Crippen MR) is 131 cm³/mol. The van der Waals surface area contributed by atoms with Gasteiger partial charge in [-0.05, 0) is 29.8 Å². The molecule has 0 spiro atoms. The average Bonchev–Trinajstić information content (AvgIpc) is 3.19. The number of carbonyl (C=O) groups is 1. The molecular weight excluding hydrogens is 446 g/mol. The summed E-state index contributed by atoms with van der Waals surface area (Å²) in [5.74, 6) is -0.388. The molecule has 1 fully saturated rings. The van der Waals surface area contributed by atoms with Crippen LogP contribution in [0.1, 0.15) is 27.4 Å². The van der Waals surface area contributed by atoms with Gasteiger partial charge >= 0.3 is 0 Å². The Hall–Kier alpha value is -4.06. The zero-order chi connectivity index (χ0) is 23.9. The zero-order valence-electron chi connectivity index (χ0n) is 18.4. The van der Waals surface area contributed by atoms with E-state index in [1.807, 2.05) is 65.6 Å². The van der Waals surface area contributed by atoms with Crippen molar-refractivity contribution >= 4 is 29.1 Å². The van der Waals surface area contributed by atoms with Crippen LogP contribution in [0.25, 0.3) is 6.08 Å². The summed E-state index contributed by atoms with van der Waals surface area (Å²) in [5.41, 5.74) is 1.24. The molecule has 1 saturated heterocycles. The second kappa shape index (κ2) is 8.37. The van der Waals surface area contributed by atoms with Gasteiger partial charge in [-0.1, -0.05) is 72.3 Å². The molecule has 5 rings (SSSR count). The van der Waals surface area contributed by atoms with Gasteiger partial charge in [-0.3, -0.25) is 4.79 Å². The Morgan fingerprint density at radius 1 is 1.03 bits per heavy atom. The summed E-state index contributed by atoms with van der Waals surface area (Å²) in [5, 5.41) is 21.6. The molecule has 3 atom stereocenters. The molecule has 0 radical (unpaired) electrons. The van der Waals surface area contributed by atoms with Crippen molar-refractivity contribution in [1.82, 2.24) is 0 Å². The van der Waals surface area contributed by atoms with E-state index in [0.29, 0.717) is 21.9 Å². The smallest absolute Gasteiger partial charge is 0.185 e. The van der Waals surface area contributed by atoms with E-state index in [-0.39, 0.29) is 5.78 Å². The normalized spacial score (nSPS) is 21.6. The summed E-state index contributed by atoms with van der Waals surface area (Å²) >= 11 is 6.25. The third-order valence-electron chi connectivity index (χ3n) is 6.77. The number of Topliss-reactive ketones (excluding diaryl/α,β-unsaturated/α-hetero) is 1. The first-order valence-corrected chi connectivity index (χ1v) is 11.2. The minimum atomic E-state index is -1.53. The van der Waals surface area contributed by atoms with E-state index in [2.05, 4.69) is 12.1 Å². The number of fused-ring (bicyclic) bond motifs is 3. The van der Waals surface area contributed by atoms with E-state index < -0.39 is 23.4 Å². The number of hydrogen-bond acceptors (Lipinski definition) is 5. The third kappa shape index (κ3) is 3.10. The Bertz CT molecular complexity index is 1370. The number of para-hydroxylation sites is 1. The maximum atomic E-state index is 14.1. The highest BCUT2D eigenvalue weighted by Crippen LogP contribution is 2.57. The molecule has 2 aliphatic rings. The Kier molecular flexibility index (Phi) is 5.36. The molecule has 0 saturated carbocycles. The van der Waals surface area contributed by atoms with Crippen molar-refractivity contribution in [2.45, 2.75) is 18.0 Å². The van der Waals surface area contributed by atoms with Gasteiger partial charge < -0.3 is 9.64 Å². The number of rotatable bonds is 4. The largest absolute Gasteiger partial charge is 0.496 e. The van der Waals surface area contributed by atoms with E-state index in [9.17, 15) is 15.3 Å². The number of halogens is 1. The van der Waals surface area contributed by atoms with Crippen LogP contribution in [0.2, 0.25) is 5.02 Å². The number of hydrogen-bond donors (Lipinski definition) is 0. The van der Waals surface area contributed by atoms with Gasteiger partial charge in [-0.25, -0.2) is 0 Å². The Morgan fingerprint density at radius 3 is 2.44 bits per heavy atom. The van der Waals surface area contributed by atoms with E-state index in [1.165, 1.54) is 0 Å². The fourth-order valence-electron chi connectivity index (χ4n) is 5.30. The summed E-state index contributed by atoms with van der Waals surface area (Å²) in [6.45, 7) is 0. The standard InChI is InChI=1S/C28H20ClN3O2/c1-34-23-10-6-5-9-21(23)25-26(27(33)18-7-3-2-4-8-18)32-22-13-12-20(29)15-19(22)11-14-24(32)28(25,16-30)17-31/h2-15,24-26H,1H3/t24-,25+,26-/m0/s1. The van der Waals surface area contributed by atoms with Gasteiger partial charge in [0.1, 0.15) is 11.8 Å². The lowest BCUT2D eigenvalue weighted by Crippen LogP contribution is -2.44. The second-order valence-corrected chi connectivity index (χ2v) is 8.84. The molecule has 0 aromatic heterocycles. The molecule has 34 heavy (non-hydrogen) atoms. The summed E-state index contributed by atoms with van der Waals surface area (Å²) in [4.78, 5) is 16.1. The quantitative estimate of drug-likeness (QED) is 0.466. The molecule has 0 bridgehead atoms. The van der Waals surface area contributed by atoms with Crippen LogP contribution in [0.5, 0.6) is 5.75 Å². The average molecular weight is 466 g/mol. The van der Waals surface area contributed by atoms with Crippen molar-refractivity contribution in [3.8, 4) is 17.9 Å². The van der Waals surface area contributed by atoms with Crippen molar-refractivity contribution in [2.75, 3.05) is 12.0 Å². The number of benzene rings is 3. The monoisotopic (exact) mass is 465 g/mol. The molecule has 0 unspecified atom stereocenters. The lowest BCUT2D eigenvalue weighted by molar-refractivity contribution is 0.0950. The van der Waals surface area contributed by atoms with Crippen molar-refractivity contribution < 1.29 is 9.53 Å². The topological polar surface area (TPSA) is 77.1 Å². The molecule has 166 valence electrons. The molecule has 0 N–H and O–H groups in total. The molecule has 3 aromatic carbocycles. The molecule has 0 aliphatic carbocycles. The number of ketones is 1. The first kappa shape index (κ1) is 21.8. The van der Waals surface area contributed by atoms with Crippen molar-refractivity contribution in [3.63, 3.8) is 0 Å². The SMILES string of the molecule is COc1ccccc1[C@@H]1[C@@H](C(=O)c2ccccc2)N2c3ccc(Cl)cc3C=C[C@H]2C1(C#N)C#N. The summed E-state index contributed by atoms with van der Waals surface area (Å²) in [6, 6.07) is 24.9. The van der Waals surface area contributed by atoms with Crippen LogP contribution in [0, 0.1) is 28.1 Å². The van der Waals surface area contributed by atoms with Crippen LogP contribution in [0.3, 0.4) is 0 Å². The minimum absolute atomic E-state index is 0.162. The van der Waals surface area contributed by atoms with Crippen molar-refractivity contribution in [3.05, 3.63) is 101 Å². The summed E-state index contributed by atoms with van der Waals surface area (Å²) in [6.07, 6.45) is 3.71. The highest BCUT2D eigenvalue weighted by Gasteiger charge is 2.63. The summed E-state index contributed by atoms with van der Waals surface area (Å²) in [7, 11) is 1.55. The van der Waals surface area contributed by atoms with Crippen LogP contribution < -0.4 is 9.64 Å². The Morgan fingerprint density at radius 2 is 1.74 bits per heavy atom. The third-order valence-corrected chi connectivity index (χ3v) is 7.00. The Balaban J connectivity index is 1.82. The van der Waals surface area contributed by atoms with Gasteiger partial charge in [0.2, 0.25) is 0 Å². The van der Waals surface area contributed by atoms with Crippen LogP contribution in [-0.4, -0.2) is 25.0 Å². The van der Waals surface area contributed by atoms with Crippen LogP contribution >= 0.6 is 11.6 Å². The van der Waals surface area contributed by atoms with Gasteiger partial charge in [-0.2, -0.15) is 10.5 Å². The number of nitriles is 2. The lowest BCUT2D eigenvalue weighted by Gasteiger charge is -2.35. The fourth-order valence-corrected chi connectivity index (χ4v) is 5.49.